The van der Waals surface area contributed by atoms with Crippen LogP contribution in [0.25, 0.3) is 81.7 Å². The summed E-state index contributed by atoms with van der Waals surface area (Å²) in [6.07, 6.45) is 0. The Morgan fingerprint density at radius 3 is 1.22 bits per heavy atom. The molecule has 0 bridgehead atoms. The Labute approximate surface area is 237 Å². The monoisotopic (exact) mass is 519 g/mol. The van der Waals surface area contributed by atoms with Gasteiger partial charge >= 0.3 is 0 Å². The van der Waals surface area contributed by atoms with Crippen LogP contribution >= 0.6 is 0 Å². The molecule has 0 aliphatic heterocycles. The summed E-state index contributed by atoms with van der Waals surface area (Å²) in [5.41, 5.74) is 6.29. The average molecular weight is 520 g/mol. The van der Waals surface area contributed by atoms with E-state index >= 15 is 0 Å². The Morgan fingerprint density at radius 1 is 0.293 bits per heavy atom. The van der Waals surface area contributed by atoms with Crippen LogP contribution in [-0.2, 0) is 0 Å². The van der Waals surface area contributed by atoms with Gasteiger partial charge in [-0.25, -0.2) is 0 Å². The fourth-order valence-corrected chi connectivity index (χ4v) is 7.02. The van der Waals surface area contributed by atoms with Crippen LogP contribution in [0, 0.1) is 0 Å². The van der Waals surface area contributed by atoms with Crippen molar-refractivity contribution in [3.8, 4) is 16.8 Å². The van der Waals surface area contributed by atoms with E-state index in [2.05, 4.69) is 156 Å². The predicted octanol–water partition coefficient (Wildman–Crippen LogP) is 11.1. The largest absolute Gasteiger partial charge is 0.307 e. The van der Waals surface area contributed by atoms with Gasteiger partial charge in [0.1, 0.15) is 0 Å². The minimum Gasteiger partial charge on any atom is -0.307 e. The van der Waals surface area contributed by atoms with Crippen molar-refractivity contribution in [3.05, 3.63) is 152 Å². The summed E-state index contributed by atoms with van der Waals surface area (Å²) in [7, 11) is 0. The van der Waals surface area contributed by atoms with Crippen molar-refractivity contribution in [2.75, 3.05) is 0 Å². The molecule has 0 unspecified atom stereocenters. The lowest BCUT2D eigenvalue weighted by Crippen LogP contribution is -2.00. The van der Waals surface area contributed by atoms with Crippen LogP contribution < -0.4 is 0 Å². The summed E-state index contributed by atoms with van der Waals surface area (Å²) in [5, 5.41) is 12.6. The lowest BCUT2D eigenvalue weighted by atomic mass is 9.90. The molecule has 41 heavy (non-hydrogen) atoms. The third-order valence-corrected chi connectivity index (χ3v) is 8.73. The van der Waals surface area contributed by atoms with Crippen molar-refractivity contribution in [1.29, 1.82) is 0 Å². The molecule has 0 atom stereocenters. The highest BCUT2D eigenvalue weighted by atomic mass is 15.0. The van der Waals surface area contributed by atoms with Crippen LogP contribution in [0.15, 0.2) is 152 Å². The first-order valence-electron chi connectivity index (χ1n) is 14.2. The number of hydrogen-bond donors (Lipinski definition) is 0. The molecule has 1 heteroatoms. The molecule has 0 amide bonds. The van der Waals surface area contributed by atoms with Crippen molar-refractivity contribution in [1.82, 2.24) is 4.57 Å². The maximum Gasteiger partial charge on any atom is 0.0620 e. The van der Waals surface area contributed by atoms with Gasteiger partial charge in [0, 0.05) is 32.3 Å². The minimum atomic E-state index is 1.24. The van der Waals surface area contributed by atoms with Crippen molar-refractivity contribution in [2.45, 2.75) is 0 Å². The predicted molar refractivity (Wildman–Crippen MR) is 176 cm³/mol. The fraction of sp³-hybridized carbons (Fsp3) is 0. The molecule has 0 fully saturated rings. The van der Waals surface area contributed by atoms with Gasteiger partial charge in [0.2, 0.25) is 0 Å². The van der Waals surface area contributed by atoms with Crippen LogP contribution in [0.5, 0.6) is 0 Å². The lowest BCUT2D eigenvalue weighted by Gasteiger charge is -2.20. The molecule has 0 aliphatic carbocycles. The van der Waals surface area contributed by atoms with Gasteiger partial charge in [0.15, 0.2) is 0 Å². The third-order valence-electron chi connectivity index (χ3n) is 8.73. The number of nitrogens with zero attached hydrogens (tertiary/aromatic N) is 1. The Hall–Kier alpha value is -5.40. The summed E-state index contributed by atoms with van der Waals surface area (Å²) in [6, 6.07) is 55.5. The highest BCUT2D eigenvalue weighted by molar-refractivity contribution is 6.27. The number of hydrogen-bond acceptors (Lipinski definition) is 0. The minimum absolute atomic E-state index is 1.24. The first-order valence-corrected chi connectivity index (χ1v) is 14.2. The fourth-order valence-electron chi connectivity index (χ4n) is 7.02. The quantitative estimate of drug-likeness (QED) is 0.200. The number of benzene rings is 8. The molecular weight excluding hydrogens is 494 g/mol. The van der Waals surface area contributed by atoms with E-state index < -0.39 is 0 Å². The van der Waals surface area contributed by atoms with Crippen LogP contribution in [0.3, 0.4) is 0 Å². The molecule has 9 rings (SSSR count). The van der Waals surface area contributed by atoms with Crippen molar-refractivity contribution in [3.63, 3.8) is 0 Å². The second-order valence-electron chi connectivity index (χ2n) is 10.9. The molecule has 0 saturated carbocycles. The molecule has 0 spiro atoms. The lowest BCUT2D eigenvalue weighted by molar-refractivity contribution is 1.23. The van der Waals surface area contributed by atoms with E-state index in [1.807, 2.05) is 0 Å². The second-order valence-corrected chi connectivity index (χ2v) is 10.9. The molecule has 1 nitrogen and oxygen atoms in total. The number of aromatic nitrogens is 1. The first-order chi connectivity index (χ1) is 20.4. The number of fused-ring (bicyclic) bond motifs is 9. The summed E-state index contributed by atoms with van der Waals surface area (Å²) in [6.45, 7) is 0. The van der Waals surface area contributed by atoms with Crippen LogP contribution in [0.1, 0.15) is 0 Å². The molecule has 0 N–H and O–H groups in total. The molecule has 0 aliphatic rings. The Kier molecular flexibility index (Phi) is 4.67. The van der Waals surface area contributed by atoms with Gasteiger partial charge < -0.3 is 4.57 Å². The molecule has 1 heterocycles. The van der Waals surface area contributed by atoms with E-state index in [9.17, 15) is 0 Å². The van der Waals surface area contributed by atoms with Crippen molar-refractivity contribution < 1.29 is 0 Å². The van der Waals surface area contributed by atoms with Gasteiger partial charge in [-0.1, -0.05) is 152 Å². The third kappa shape index (κ3) is 3.12. The van der Waals surface area contributed by atoms with Crippen LogP contribution in [0.2, 0.25) is 0 Å². The van der Waals surface area contributed by atoms with Gasteiger partial charge in [0.05, 0.1) is 16.7 Å². The summed E-state index contributed by atoms with van der Waals surface area (Å²) in [5.74, 6) is 0. The highest BCUT2D eigenvalue weighted by Crippen LogP contribution is 2.46. The average Bonchev–Trinajstić information content (AvgIpc) is 3.39. The zero-order valence-corrected chi connectivity index (χ0v) is 22.4. The van der Waals surface area contributed by atoms with E-state index in [1.54, 1.807) is 0 Å². The molecule has 0 radical (unpaired) electrons. The van der Waals surface area contributed by atoms with Gasteiger partial charge in [-0.15, -0.1) is 0 Å². The molecule has 9 aromatic rings. The summed E-state index contributed by atoms with van der Waals surface area (Å²) >= 11 is 0. The molecule has 0 saturated heterocycles. The van der Waals surface area contributed by atoms with Crippen LogP contribution in [0.4, 0.5) is 0 Å². The standard InChI is InChI=1S/C40H25N/c1-2-14-28(15-3-1)37-31-18-8-10-20-33(31)40(34-21-11-9-19-32(34)37)41-38-29-16-6-4-12-26(29)22-24-35(38)36-25-23-27-13-5-7-17-30(27)39(36)41/h1-25H. The van der Waals surface area contributed by atoms with E-state index in [1.165, 1.54) is 81.7 Å². The first kappa shape index (κ1) is 22.4. The molecule has 190 valence electrons. The maximum atomic E-state index is 2.58. The molecule has 1 aromatic heterocycles. The summed E-state index contributed by atoms with van der Waals surface area (Å²) in [4.78, 5) is 0. The van der Waals surface area contributed by atoms with Gasteiger partial charge in [-0.2, -0.15) is 0 Å². The van der Waals surface area contributed by atoms with E-state index in [0.717, 1.165) is 0 Å². The van der Waals surface area contributed by atoms with Crippen LogP contribution in [-0.4, -0.2) is 4.57 Å². The van der Waals surface area contributed by atoms with Gasteiger partial charge in [-0.3, -0.25) is 0 Å². The van der Waals surface area contributed by atoms with Gasteiger partial charge in [0.25, 0.3) is 0 Å². The van der Waals surface area contributed by atoms with Gasteiger partial charge in [-0.05, 0) is 32.7 Å². The normalized spacial score (nSPS) is 11.9. The highest BCUT2D eigenvalue weighted by Gasteiger charge is 2.22. The number of rotatable bonds is 2. The SMILES string of the molecule is c1ccc(-c2c3ccccc3c(-n3c4c5ccccc5ccc4c4ccc5ccccc5c43)c3ccccc23)cc1. The van der Waals surface area contributed by atoms with Crippen molar-refractivity contribution in [2.24, 2.45) is 0 Å². The zero-order chi connectivity index (χ0) is 26.9. The Balaban J connectivity index is 1.61. The zero-order valence-electron chi connectivity index (χ0n) is 22.4. The Bertz CT molecular complexity index is 2310. The van der Waals surface area contributed by atoms with E-state index in [4.69, 9.17) is 0 Å². The second kappa shape index (κ2) is 8.55. The molecular formula is C40H25N. The smallest absolute Gasteiger partial charge is 0.0620 e. The van der Waals surface area contributed by atoms with E-state index in [0.29, 0.717) is 0 Å². The molecule has 8 aromatic carbocycles. The maximum absolute atomic E-state index is 2.58. The van der Waals surface area contributed by atoms with Crippen molar-refractivity contribution >= 4 is 64.9 Å². The topological polar surface area (TPSA) is 4.93 Å². The summed E-state index contributed by atoms with van der Waals surface area (Å²) < 4.78 is 2.58. The Morgan fingerprint density at radius 2 is 0.707 bits per heavy atom. The van der Waals surface area contributed by atoms with E-state index in [-0.39, 0.29) is 0 Å².